The van der Waals surface area contributed by atoms with Gasteiger partial charge in [0, 0.05) is 24.7 Å². The fourth-order valence-corrected chi connectivity index (χ4v) is 2.27. The molecule has 0 radical (unpaired) electrons. The van der Waals surface area contributed by atoms with Gasteiger partial charge in [-0.15, -0.1) is 0 Å². The van der Waals surface area contributed by atoms with E-state index in [1.54, 1.807) is 0 Å². The maximum Gasteiger partial charge on any atom is 0.0622 e. The molecule has 0 aromatic heterocycles. The molecule has 2 fully saturated rings. The standard InChI is InChI=1S/C10H19NO/c1-8(2)11(9-3-4-9)10-5-6-12-7-10/h8-10H,3-7H2,1-2H3/t10-/m0/s1. The van der Waals surface area contributed by atoms with Gasteiger partial charge in [-0.25, -0.2) is 0 Å². The zero-order valence-corrected chi connectivity index (χ0v) is 8.12. The summed E-state index contributed by atoms with van der Waals surface area (Å²) >= 11 is 0. The van der Waals surface area contributed by atoms with Crippen molar-refractivity contribution < 1.29 is 4.74 Å². The molecule has 0 aromatic rings. The van der Waals surface area contributed by atoms with Crippen LogP contribution in [0.15, 0.2) is 0 Å². The maximum absolute atomic E-state index is 5.42. The van der Waals surface area contributed by atoms with Gasteiger partial charge >= 0.3 is 0 Å². The molecule has 1 saturated carbocycles. The quantitative estimate of drug-likeness (QED) is 0.637. The number of ether oxygens (including phenoxy) is 1. The highest BCUT2D eigenvalue weighted by molar-refractivity contribution is 4.91. The molecular formula is C10H19NO. The Hall–Kier alpha value is -0.0800. The van der Waals surface area contributed by atoms with E-state index in [2.05, 4.69) is 18.7 Å². The summed E-state index contributed by atoms with van der Waals surface area (Å²) in [6, 6.07) is 2.30. The molecule has 1 heterocycles. The fraction of sp³-hybridized carbons (Fsp3) is 1.00. The highest BCUT2D eigenvalue weighted by Crippen LogP contribution is 2.32. The predicted octanol–water partition coefficient (Wildman–Crippen LogP) is 1.65. The Morgan fingerprint density at radius 1 is 1.17 bits per heavy atom. The lowest BCUT2D eigenvalue weighted by Gasteiger charge is -2.31. The third kappa shape index (κ3) is 1.64. The van der Waals surface area contributed by atoms with E-state index in [0.29, 0.717) is 6.04 Å². The molecule has 0 spiro atoms. The lowest BCUT2D eigenvalue weighted by atomic mass is 10.1. The molecule has 0 bridgehead atoms. The summed E-state index contributed by atoms with van der Waals surface area (Å²) in [6.07, 6.45) is 4.07. The van der Waals surface area contributed by atoms with E-state index >= 15 is 0 Å². The van der Waals surface area contributed by atoms with Gasteiger partial charge in [0.25, 0.3) is 0 Å². The van der Waals surface area contributed by atoms with E-state index in [-0.39, 0.29) is 0 Å². The average Bonchev–Trinajstić information content (AvgIpc) is 2.65. The number of hydrogen-bond acceptors (Lipinski definition) is 2. The molecule has 2 nitrogen and oxygen atoms in total. The maximum atomic E-state index is 5.42. The Kier molecular flexibility index (Phi) is 2.37. The van der Waals surface area contributed by atoms with Crippen LogP contribution in [0.25, 0.3) is 0 Å². The van der Waals surface area contributed by atoms with E-state index < -0.39 is 0 Å². The van der Waals surface area contributed by atoms with Gasteiger partial charge in [-0.3, -0.25) is 4.90 Å². The number of rotatable bonds is 3. The zero-order chi connectivity index (χ0) is 8.55. The monoisotopic (exact) mass is 169 g/mol. The van der Waals surface area contributed by atoms with Crippen molar-refractivity contribution in [3.05, 3.63) is 0 Å². The van der Waals surface area contributed by atoms with Crippen LogP contribution in [0.1, 0.15) is 33.1 Å². The first-order valence-electron chi connectivity index (χ1n) is 5.14. The van der Waals surface area contributed by atoms with Crippen LogP contribution < -0.4 is 0 Å². The summed E-state index contributed by atoms with van der Waals surface area (Å²) in [4.78, 5) is 2.66. The van der Waals surface area contributed by atoms with Gasteiger partial charge in [-0.2, -0.15) is 0 Å². The molecule has 2 heteroatoms. The van der Waals surface area contributed by atoms with Crippen molar-refractivity contribution in [1.29, 1.82) is 0 Å². The second kappa shape index (κ2) is 3.35. The lowest BCUT2D eigenvalue weighted by molar-refractivity contribution is 0.114. The molecule has 0 unspecified atom stereocenters. The molecule has 2 aliphatic rings. The summed E-state index contributed by atoms with van der Waals surface area (Å²) < 4.78 is 5.42. The van der Waals surface area contributed by atoms with Crippen LogP contribution >= 0.6 is 0 Å². The molecule has 12 heavy (non-hydrogen) atoms. The van der Waals surface area contributed by atoms with Crippen molar-refractivity contribution in [3.8, 4) is 0 Å². The van der Waals surface area contributed by atoms with E-state index in [1.165, 1.54) is 19.3 Å². The summed E-state index contributed by atoms with van der Waals surface area (Å²) in [7, 11) is 0. The first-order chi connectivity index (χ1) is 5.79. The molecule has 1 atom stereocenters. The first kappa shape index (κ1) is 8.52. The van der Waals surface area contributed by atoms with Gasteiger partial charge in [-0.1, -0.05) is 0 Å². The van der Waals surface area contributed by atoms with E-state index in [4.69, 9.17) is 4.74 Å². The minimum Gasteiger partial charge on any atom is -0.380 e. The third-order valence-corrected chi connectivity index (χ3v) is 2.89. The molecule has 1 saturated heterocycles. The van der Waals surface area contributed by atoms with Crippen LogP contribution in [0.4, 0.5) is 0 Å². The average molecular weight is 169 g/mol. The van der Waals surface area contributed by atoms with Gasteiger partial charge in [0.15, 0.2) is 0 Å². The van der Waals surface area contributed by atoms with Crippen LogP contribution in [-0.4, -0.2) is 36.2 Å². The molecule has 1 aliphatic carbocycles. The second-order valence-corrected chi connectivity index (χ2v) is 4.29. The molecule has 1 aliphatic heterocycles. The lowest BCUT2D eigenvalue weighted by Crippen LogP contribution is -2.42. The summed E-state index contributed by atoms with van der Waals surface area (Å²) in [5.41, 5.74) is 0. The summed E-state index contributed by atoms with van der Waals surface area (Å²) in [6.45, 7) is 6.54. The van der Waals surface area contributed by atoms with Crippen LogP contribution in [0.2, 0.25) is 0 Å². The van der Waals surface area contributed by atoms with Crippen LogP contribution in [0, 0.1) is 0 Å². The molecular weight excluding hydrogens is 150 g/mol. The van der Waals surface area contributed by atoms with Crippen molar-refractivity contribution >= 4 is 0 Å². The van der Waals surface area contributed by atoms with Crippen LogP contribution in [0.5, 0.6) is 0 Å². The minimum absolute atomic E-state index is 0.698. The third-order valence-electron chi connectivity index (χ3n) is 2.89. The molecule has 0 N–H and O–H groups in total. The number of nitrogens with zero attached hydrogens (tertiary/aromatic N) is 1. The van der Waals surface area contributed by atoms with Crippen molar-refractivity contribution in [2.75, 3.05) is 13.2 Å². The van der Waals surface area contributed by atoms with Gasteiger partial charge in [0.1, 0.15) is 0 Å². The van der Waals surface area contributed by atoms with E-state index in [9.17, 15) is 0 Å². The van der Waals surface area contributed by atoms with Gasteiger partial charge < -0.3 is 4.74 Å². The SMILES string of the molecule is CC(C)N(C1CC1)[C@H]1CCOC1. The van der Waals surface area contributed by atoms with Gasteiger partial charge in [0.2, 0.25) is 0 Å². The Morgan fingerprint density at radius 2 is 1.92 bits per heavy atom. The number of hydrogen-bond donors (Lipinski definition) is 0. The smallest absolute Gasteiger partial charge is 0.0622 e. The van der Waals surface area contributed by atoms with E-state index in [1.807, 2.05) is 0 Å². The van der Waals surface area contributed by atoms with Crippen molar-refractivity contribution in [2.24, 2.45) is 0 Å². The van der Waals surface area contributed by atoms with Gasteiger partial charge in [-0.05, 0) is 33.1 Å². The normalized spacial score (nSPS) is 30.5. The minimum atomic E-state index is 0.698. The Labute approximate surface area is 74.9 Å². The molecule has 0 amide bonds. The fourth-order valence-electron chi connectivity index (χ4n) is 2.27. The molecule has 0 aromatic carbocycles. The Bertz CT molecular complexity index is 146. The Morgan fingerprint density at radius 3 is 2.33 bits per heavy atom. The van der Waals surface area contributed by atoms with Crippen molar-refractivity contribution in [2.45, 2.75) is 51.2 Å². The zero-order valence-electron chi connectivity index (χ0n) is 8.12. The van der Waals surface area contributed by atoms with Crippen molar-refractivity contribution in [3.63, 3.8) is 0 Å². The van der Waals surface area contributed by atoms with Crippen LogP contribution in [-0.2, 0) is 4.74 Å². The topological polar surface area (TPSA) is 12.5 Å². The predicted molar refractivity (Wildman–Crippen MR) is 49.2 cm³/mol. The highest BCUT2D eigenvalue weighted by atomic mass is 16.5. The summed E-state index contributed by atoms with van der Waals surface area (Å²) in [5, 5.41) is 0. The van der Waals surface area contributed by atoms with Crippen LogP contribution in [0.3, 0.4) is 0 Å². The first-order valence-corrected chi connectivity index (χ1v) is 5.14. The Balaban J connectivity index is 1.94. The molecule has 70 valence electrons. The second-order valence-electron chi connectivity index (χ2n) is 4.29. The highest BCUT2D eigenvalue weighted by Gasteiger charge is 2.36. The summed E-state index contributed by atoms with van der Waals surface area (Å²) in [5.74, 6) is 0. The van der Waals surface area contributed by atoms with E-state index in [0.717, 1.165) is 25.3 Å². The van der Waals surface area contributed by atoms with Crippen molar-refractivity contribution in [1.82, 2.24) is 4.90 Å². The molecule has 2 rings (SSSR count). The largest absolute Gasteiger partial charge is 0.380 e. The van der Waals surface area contributed by atoms with Gasteiger partial charge in [0.05, 0.1) is 6.61 Å².